The third kappa shape index (κ3) is 3.46. The Morgan fingerprint density at radius 3 is 2.74 bits per heavy atom. The van der Waals surface area contributed by atoms with Gasteiger partial charge in [-0.2, -0.15) is 5.26 Å². The Balaban J connectivity index is 1.98. The summed E-state index contributed by atoms with van der Waals surface area (Å²) >= 11 is 0. The number of benzene rings is 1. The number of methoxy groups -OCH3 is 1. The van der Waals surface area contributed by atoms with Gasteiger partial charge in [0.05, 0.1) is 24.4 Å². The van der Waals surface area contributed by atoms with Gasteiger partial charge in [0, 0.05) is 25.0 Å². The number of hydrogen-bond donors (Lipinski definition) is 1. The van der Waals surface area contributed by atoms with Crippen molar-refractivity contribution in [1.29, 1.82) is 5.26 Å². The van der Waals surface area contributed by atoms with Crippen LogP contribution >= 0.6 is 0 Å². The van der Waals surface area contributed by atoms with Crippen LogP contribution in [0.25, 0.3) is 0 Å². The molecule has 1 aromatic heterocycles. The Hall–Kier alpha value is -2.54. The second kappa shape index (κ2) is 6.41. The maximum atomic E-state index is 8.84. The average molecular weight is 253 g/mol. The zero-order chi connectivity index (χ0) is 13.5. The van der Waals surface area contributed by atoms with E-state index in [2.05, 4.69) is 16.4 Å². The highest BCUT2D eigenvalue weighted by atomic mass is 16.5. The molecule has 1 aromatic carbocycles. The fourth-order valence-electron chi connectivity index (χ4n) is 1.80. The number of pyridine rings is 1. The molecule has 0 unspecified atom stereocenters. The van der Waals surface area contributed by atoms with Crippen molar-refractivity contribution in [3.63, 3.8) is 0 Å². The van der Waals surface area contributed by atoms with E-state index in [4.69, 9.17) is 10.00 Å². The molecule has 2 rings (SSSR count). The molecule has 0 radical (unpaired) electrons. The molecule has 4 heteroatoms. The monoisotopic (exact) mass is 253 g/mol. The van der Waals surface area contributed by atoms with Crippen LogP contribution in [-0.4, -0.2) is 18.6 Å². The van der Waals surface area contributed by atoms with E-state index in [0.717, 1.165) is 18.7 Å². The Morgan fingerprint density at radius 1 is 1.26 bits per heavy atom. The second-order valence-corrected chi connectivity index (χ2v) is 4.06. The molecule has 0 aliphatic rings. The first-order valence-corrected chi connectivity index (χ1v) is 6.04. The van der Waals surface area contributed by atoms with E-state index in [0.29, 0.717) is 11.3 Å². The number of anilines is 1. The van der Waals surface area contributed by atoms with Crippen LogP contribution in [0, 0.1) is 11.3 Å². The largest absolute Gasteiger partial charge is 0.495 e. The predicted molar refractivity (Wildman–Crippen MR) is 74.1 cm³/mol. The van der Waals surface area contributed by atoms with Gasteiger partial charge < -0.3 is 10.1 Å². The van der Waals surface area contributed by atoms with Gasteiger partial charge in [-0.15, -0.1) is 0 Å². The molecule has 1 N–H and O–H groups in total. The summed E-state index contributed by atoms with van der Waals surface area (Å²) in [4.78, 5) is 3.99. The number of nitriles is 1. The van der Waals surface area contributed by atoms with Gasteiger partial charge in [-0.1, -0.05) is 0 Å². The Labute approximate surface area is 112 Å². The Kier molecular flexibility index (Phi) is 4.35. The molecule has 19 heavy (non-hydrogen) atoms. The van der Waals surface area contributed by atoms with Crippen molar-refractivity contribution in [1.82, 2.24) is 4.98 Å². The summed E-state index contributed by atoms with van der Waals surface area (Å²) in [7, 11) is 1.60. The number of nitrogens with zero attached hydrogens (tertiary/aromatic N) is 2. The molecule has 96 valence electrons. The highest BCUT2D eigenvalue weighted by Gasteiger charge is 2.03. The van der Waals surface area contributed by atoms with Crippen molar-refractivity contribution in [2.24, 2.45) is 0 Å². The summed E-state index contributed by atoms with van der Waals surface area (Å²) in [5, 5.41) is 12.2. The standard InChI is InChI=1S/C15H15N3O/c1-19-15-10-13(11-16)2-3-14(15)18-9-6-12-4-7-17-8-5-12/h2-5,7-8,10,18H,6,9H2,1H3. The van der Waals surface area contributed by atoms with Gasteiger partial charge >= 0.3 is 0 Å². The first kappa shape index (κ1) is 12.9. The smallest absolute Gasteiger partial charge is 0.143 e. The summed E-state index contributed by atoms with van der Waals surface area (Å²) in [6.07, 6.45) is 4.49. The van der Waals surface area contributed by atoms with Gasteiger partial charge in [-0.25, -0.2) is 0 Å². The van der Waals surface area contributed by atoms with E-state index in [-0.39, 0.29) is 0 Å². The minimum Gasteiger partial charge on any atom is -0.495 e. The van der Waals surface area contributed by atoms with E-state index in [1.807, 2.05) is 18.2 Å². The van der Waals surface area contributed by atoms with E-state index in [9.17, 15) is 0 Å². The molecular formula is C15H15N3O. The number of aromatic nitrogens is 1. The summed E-state index contributed by atoms with van der Waals surface area (Å²) < 4.78 is 5.27. The van der Waals surface area contributed by atoms with Crippen LogP contribution < -0.4 is 10.1 Å². The Morgan fingerprint density at radius 2 is 2.05 bits per heavy atom. The molecule has 0 atom stereocenters. The molecule has 0 aliphatic carbocycles. The number of hydrogen-bond acceptors (Lipinski definition) is 4. The minimum atomic E-state index is 0.594. The van der Waals surface area contributed by atoms with Crippen molar-refractivity contribution >= 4 is 5.69 Å². The summed E-state index contributed by atoms with van der Waals surface area (Å²) in [5.41, 5.74) is 2.72. The maximum absolute atomic E-state index is 8.84. The van der Waals surface area contributed by atoms with Crippen molar-refractivity contribution in [3.8, 4) is 11.8 Å². The molecule has 0 fully saturated rings. The summed E-state index contributed by atoms with van der Waals surface area (Å²) in [6, 6.07) is 11.5. The highest BCUT2D eigenvalue weighted by Crippen LogP contribution is 2.25. The molecule has 0 bridgehead atoms. The van der Waals surface area contributed by atoms with Crippen molar-refractivity contribution in [3.05, 3.63) is 53.9 Å². The van der Waals surface area contributed by atoms with Crippen LogP contribution in [0.3, 0.4) is 0 Å². The number of rotatable bonds is 5. The normalized spacial score (nSPS) is 9.68. The number of nitrogens with one attached hydrogen (secondary N) is 1. The molecule has 2 aromatic rings. The molecule has 0 saturated carbocycles. The van der Waals surface area contributed by atoms with E-state index >= 15 is 0 Å². The lowest BCUT2D eigenvalue weighted by Gasteiger charge is -2.11. The predicted octanol–water partition coefficient (Wildman–Crippen LogP) is 2.62. The molecule has 0 saturated heterocycles. The van der Waals surface area contributed by atoms with Gasteiger partial charge in [0.15, 0.2) is 0 Å². The molecule has 4 nitrogen and oxygen atoms in total. The van der Waals surface area contributed by atoms with Crippen LogP contribution in [0.1, 0.15) is 11.1 Å². The highest BCUT2D eigenvalue weighted by molar-refractivity contribution is 5.59. The quantitative estimate of drug-likeness (QED) is 0.889. The molecule has 0 spiro atoms. The van der Waals surface area contributed by atoms with Crippen molar-refractivity contribution < 1.29 is 4.74 Å². The van der Waals surface area contributed by atoms with Crippen LogP contribution in [-0.2, 0) is 6.42 Å². The SMILES string of the molecule is COc1cc(C#N)ccc1NCCc1ccncc1. The minimum absolute atomic E-state index is 0.594. The van der Waals surface area contributed by atoms with Crippen LogP contribution in [0.2, 0.25) is 0 Å². The summed E-state index contributed by atoms with van der Waals surface area (Å²) in [6.45, 7) is 0.798. The van der Waals surface area contributed by atoms with Crippen LogP contribution in [0.4, 0.5) is 5.69 Å². The van der Waals surface area contributed by atoms with Gasteiger partial charge in [0.25, 0.3) is 0 Å². The lowest BCUT2D eigenvalue weighted by atomic mass is 10.2. The van der Waals surface area contributed by atoms with Crippen LogP contribution in [0.15, 0.2) is 42.7 Å². The van der Waals surface area contributed by atoms with E-state index < -0.39 is 0 Å². The van der Waals surface area contributed by atoms with Gasteiger partial charge in [-0.05, 0) is 36.2 Å². The third-order valence-corrected chi connectivity index (χ3v) is 2.81. The van der Waals surface area contributed by atoms with Crippen molar-refractivity contribution in [2.45, 2.75) is 6.42 Å². The van der Waals surface area contributed by atoms with Crippen LogP contribution in [0.5, 0.6) is 5.75 Å². The average Bonchev–Trinajstić information content (AvgIpc) is 2.48. The fraction of sp³-hybridized carbons (Fsp3) is 0.200. The molecular weight excluding hydrogens is 238 g/mol. The van der Waals surface area contributed by atoms with Crippen molar-refractivity contribution in [2.75, 3.05) is 19.0 Å². The lowest BCUT2D eigenvalue weighted by molar-refractivity contribution is 0.416. The molecule has 0 aliphatic heterocycles. The first-order valence-electron chi connectivity index (χ1n) is 6.04. The second-order valence-electron chi connectivity index (χ2n) is 4.06. The maximum Gasteiger partial charge on any atom is 0.143 e. The zero-order valence-electron chi connectivity index (χ0n) is 10.8. The lowest BCUT2D eigenvalue weighted by Crippen LogP contribution is -2.06. The first-order chi connectivity index (χ1) is 9.33. The van der Waals surface area contributed by atoms with Gasteiger partial charge in [0.2, 0.25) is 0 Å². The summed E-state index contributed by atoms with van der Waals surface area (Å²) in [5.74, 6) is 0.689. The number of ether oxygens (including phenoxy) is 1. The third-order valence-electron chi connectivity index (χ3n) is 2.81. The Bertz CT molecular complexity index is 576. The van der Waals surface area contributed by atoms with Gasteiger partial charge in [0.1, 0.15) is 5.75 Å². The van der Waals surface area contributed by atoms with E-state index in [1.165, 1.54) is 5.56 Å². The molecule has 1 heterocycles. The fourth-order valence-corrected chi connectivity index (χ4v) is 1.80. The molecule has 0 amide bonds. The zero-order valence-corrected chi connectivity index (χ0v) is 10.8. The topological polar surface area (TPSA) is 57.9 Å². The van der Waals surface area contributed by atoms with E-state index in [1.54, 1.807) is 31.6 Å². The van der Waals surface area contributed by atoms with Gasteiger partial charge in [-0.3, -0.25) is 4.98 Å².